The Bertz CT molecular complexity index is 442. The monoisotopic (exact) mass is 264 g/mol. The van der Waals surface area contributed by atoms with Gasteiger partial charge in [-0.05, 0) is 26.0 Å². The van der Waals surface area contributed by atoms with Crippen LogP contribution in [0.4, 0.5) is 5.82 Å². The van der Waals surface area contributed by atoms with Crippen LogP contribution < -0.4 is 10.6 Å². The van der Waals surface area contributed by atoms with Crippen LogP contribution in [0.25, 0.3) is 0 Å². The first-order chi connectivity index (χ1) is 8.95. The highest BCUT2D eigenvalue weighted by atomic mass is 16.2. The molecule has 2 N–H and O–H groups in total. The average Bonchev–Trinajstić information content (AvgIpc) is 2.38. The van der Waals surface area contributed by atoms with Crippen molar-refractivity contribution in [2.24, 2.45) is 0 Å². The van der Waals surface area contributed by atoms with Crippen LogP contribution in [0.3, 0.4) is 0 Å². The van der Waals surface area contributed by atoms with Crippen molar-refractivity contribution < 1.29 is 9.59 Å². The Morgan fingerprint density at radius 1 is 1.37 bits per heavy atom. The summed E-state index contributed by atoms with van der Waals surface area (Å²) in [4.78, 5) is 28.9. The molecule has 0 spiro atoms. The van der Waals surface area contributed by atoms with E-state index in [4.69, 9.17) is 0 Å². The fraction of sp³-hybridized carbons (Fsp3) is 0.462. The van der Waals surface area contributed by atoms with Gasteiger partial charge in [0, 0.05) is 26.8 Å². The highest BCUT2D eigenvalue weighted by Crippen LogP contribution is 2.07. The van der Waals surface area contributed by atoms with Gasteiger partial charge in [0.1, 0.15) is 11.9 Å². The highest BCUT2D eigenvalue weighted by Gasteiger charge is 2.15. The fourth-order valence-corrected chi connectivity index (χ4v) is 1.55. The van der Waals surface area contributed by atoms with Crippen LogP contribution >= 0.6 is 0 Å². The van der Waals surface area contributed by atoms with E-state index in [-0.39, 0.29) is 17.9 Å². The standard InChI is InChI=1S/C13H20N4O2/c1-5-14-12(18)10-6-7-11(15-8-10)16-9(2)13(19)17(3)4/h6-9H,5H2,1-4H3,(H,14,18)(H,15,16)/t9-/m0/s1. The molecule has 1 rings (SSSR count). The summed E-state index contributed by atoms with van der Waals surface area (Å²) < 4.78 is 0. The molecule has 0 unspecified atom stereocenters. The Labute approximate surface area is 113 Å². The number of nitrogens with zero attached hydrogens (tertiary/aromatic N) is 2. The Hall–Kier alpha value is -2.11. The quantitative estimate of drug-likeness (QED) is 0.822. The topological polar surface area (TPSA) is 74.3 Å². The lowest BCUT2D eigenvalue weighted by atomic mass is 10.2. The summed E-state index contributed by atoms with van der Waals surface area (Å²) in [5.41, 5.74) is 0.499. The number of carbonyl (C=O) groups excluding carboxylic acids is 2. The van der Waals surface area contributed by atoms with Crippen LogP contribution in [0.2, 0.25) is 0 Å². The summed E-state index contributed by atoms with van der Waals surface area (Å²) in [6.07, 6.45) is 1.49. The molecule has 0 saturated carbocycles. The molecule has 0 aromatic carbocycles. The third-order valence-electron chi connectivity index (χ3n) is 2.54. The molecule has 0 radical (unpaired) electrons. The van der Waals surface area contributed by atoms with E-state index in [9.17, 15) is 9.59 Å². The Morgan fingerprint density at radius 3 is 2.53 bits per heavy atom. The van der Waals surface area contributed by atoms with Crippen LogP contribution in [0.15, 0.2) is 18.3 Å². The lowest BCUT2D eigenvalue weighted by molar-refractivity contribution is -0.129. The van der Waals surface area contributed by atoms with Crippen LogP contribution in [-0.2, 0) is 4.79 Å². The molecule has 0 aliphatic carbocycles. The number of amides is 2. The maximum Gasteiger partial charge on any atom is 0.252 e. The van der Waals surface area contributed by atoms with E-state index in [0.717, 1.165) is 0 Å². The van der Waals surface area contributed by atoms with Crippen molar-refractivity contribution in [3.05, 3.63) is 23.9 Å². The van der Waals surface area contributed by atoms with Crippen LogP contribution in [0.1, 0.15) is 24.2 Å². The SMILES string of the molecule is CCNC(=O)c1ccc(N[C@@H](C)C(=O)N(C)C)nc1. The zero-order chi connectivity index (χ0) is 14.4. The minimum absolute atomic E-state index is 0.0328. The lowest BCUT2D eigenvalue weighted by Crippen LogP contribution is -2.36. The second-order valence-corrected chi connectivity index (χ2v) is 4.39. The first-order valence-corrected chi connectivity index (χ1v) is 6.17. The number of hydrogen-bond acceptors (Lipinski definition) is 4. The molecule has 1 aromatic heterocycles. The van der Waals surface area contributed by atoms with Gasteiger partial charge in [-0.3, -0.25) is 9.59 Å². The van der Waals surface area contributed by atoms with Gasteiger partial charge in [-0.15, -0.1) is 0 Å². The van der Waals surface area contributed by atoms with Gasteiger partial charge < -0.3 is 15.5 Å². The zero-order valence-electron chi connectivity index (χ0n) is 11.7. The first kappa shape index (κ1) is 14.9. The third-order valence-corrected chi connectivity index (χ3v) is 2.54. The van der Waals surface area contributed by atoms with Gasteiger partial charge in [-0.2, -0.15) is 0 Å². The highest BCUT2D eigenvalue weighted by molar-refractivity contribution is 5.94. The molecule has 1 heterocycles. The van der Waals surface area contributed by atoms with Gasteiger partial charge >= 0.3 is 0 Å². The van der Waals surface area contributed by atoms with Crippen molar-refractivity contribution in [1.29, 1.82) is 0 Å². The minimum Gasteiger partial charge on any atom is -0.359 e. The second kappa shape index (κ2) is 6.72. The first-order valence-electron chi connectivity index (χ1n) is 6.17. The second-order valence-electron chi connectivity index (χ2n) is 4.39. The molecule has 6 heteroatoms. The summed E-state index contributed by atoms with van der Waals surface area (Å²) in [6, 6.07) is 3.00. The molecular weight excluding hydrogens is 244 g/mol. The number of rotatable bonds is 5. The largest absolute Gasteiger partial charge is 0.359 e. The van der Waals surface area contributed by atoms with Gasteiger partial charge in [-0.25, -0.2) is 4.98 Å². The van der Waals surface area contributed by atoms with E-state index >= 15 is 0 Å². The van der Waals surface area contributed by atoms with Crippen molar-refractivity contribution >= 4 is 17.6 Å². The van der Waals surface area contributed by atoms with Gasteiger partial charge in [0.25, 0.3) is 5.91 Å². The van der Waals surface area contributed by atoms with Crippen molar-refractivity contribution in [2.45, 2.75) is 19.9 Å². The molecule has 0 aliphatic rings. The van der Waals surface area contributed by atoms with Crippen LogP contribution in [0.5, 0.6) is 0 Å². The van der Waals surface area contributed by atoms with E-state index in [2.05, 4.69) is 15.6 Å². The molecule has 6 nitrogen and oxygen atoms in total. The summed E-state index contributed by atoms with van der Waals surface area (Å²) in [5, 5.41) is 5.68. The van der Waals surface area contributed by atoms with Crippen molar-refractivity contribution in [2.75, 3.05) is 26.0 Å². The van der Waals surface area contributed by atoms with E-state index in [0.29, 0.717) is 17.9 Å². The van der Waals surface area contributed by atoms with Gasteiger partial charge in [0.05, 0.1) is 5.56 Å². The summed E-state index contributed by atoms with van der Waals surface area (Å²) in [7, 11) is 3.40. The lowest BCUT2D eigenvalue weighted by Gasteiger charge is -2.18. The van der Waals surface area contributed by atoms with Crippen molar-refractivity contribution in [3.63, 3.8) is 0 Å². The fourth-order valence-electron chi connectivity index (χ4n) is 1.55. The molecule has 104 valence electrons. The Kier molecular flexibility index (Phi) is 5.29. The summed E-state index contributed by atoms with van der Waals surface area (Å²) in [5.74, 6) is 0.379. The van der Waals surface area contributed by atoms with Crippen molar-refractivity contribution in [1.82, 2.24) is 15.2 Å². The third kappa shape index (κ3) is 4.24. The number of hydrogen-bond donors (Lipinski definition) is 2. The Balaban J connectivity index is 2.67. The van der Waals surface area contributed by atoms with E-state index < -0.39 is 0 Å². The molecule has 1 aromatic rings. The zero-order valence-corrected chi connectivity index (χ0v) is 11.7. The molecule has 2 amide bonds. The van der Waals surface area contributed by atoms with E-state index in [1.54, 1.807) is 33.2 Å². The number of aromatic nitrogens is 1. The molecule has 0 saturated heterocycles. The number of pyridine rings is 1. The van der Waals surface area contributed by atoms with Crippen LogP contribution in [0, 0.1) is 0 Å². The van der Waals surface area contributed by atoms with Gasteiger partial charge in [0.2, 0.25) is 5.91 Å². The maximum atomic E-state index is 11.7. The van der Waals surface area contributed by atoms with E-state index in [1.165, 1.54) is 11.1 Å². The molecule has 0 fully saturated rings. The number of carbonyl (C=O) groups is 2. The number of likely N-dealkylation sites (N-methyl/N-ethyl adjacent to an activating group) is 1. The van der Waals surface area contributed by atoms with E-state index in [1.807, 2.05) is 6.92 Å². The molecule has 0 bridgehead atoms. The maximum absolute atomic E-state index is 11.7. The normalized spacial score (nSPS) is 11.6. The molecule has 0 aliphatic heterocycles. The van der Waals surface area contributed by atoms with Gasteiger partial charge in [-0.1, -0.05) is 0 Å². The molecule has 1 atom stereocenters. The minimum atomic E-state index is -0.363. The predicted octanol–water partition coefficient (Wildman–Crippen LogP) is 0.720. The molecular formula is C13H20N4O2. The smallest absolute Gasteiger partial charge is 0.252 e. The van der Waals surface area contributed by atoms with Crippen LogP contribution in [-0.4, -0.2) is 48.4 Å². The predicted molar refractivity (Wildman–Crippen MR) is 74.0 cm³/mol. The summed E-state index contributed by atoms with van der Waals surface area (Å²) >= 11 is 0. The van der Waals surface area contributed by atoms with Gasteiger partial charge in [0.15, 0.2) is 0 Å². The number of anilines is 1. The van der Waals surface area contributed by atoms with Crippen molar-refractivity contribution in [3.8, 4) is 0 Å². The average molecular weight is 264 g/mol. The number of nitrogens with one attached hydrogen (secondary N) is 2. The summed E-state index contributed by atoms with van der Waals surface area (Å²) in [6.45, 7) is 4.20. The molecule has 19 heavy (non-hydrogen) atoms. The Morgan fingerprint density at radius 2 is 2.05 bits per heavy atom.